The van der Waals surface area contributed by atoms with Gasteiger partial charge in [0.25, 0.3) is 0 Å². The minimum Gasteiger partial charge on any atom is -0.395 e. The minimum absolute atomic E-state index is 0.0190. The molecule has 0 saturated heterocycles. The molecule has 0 atom stereocenters. The van der Waals surface area contributed by atoms with Crippen LogP contribution in [0.2, 0.25) is 0 Å². The van der Waals surface area contributed by atoms with E-state index in [1.165, 1.54) is 19.3 Å². The smallest absolute Gasteiger partial charge is 0.141 e. The van der Waals surface area contributed by atoms with Crippen molar-refractivity contribution in [2.45, 2.75) is 38.1 Å². The van der Waals surface area contributed by atoms with Gasteiger partial charge < -0.3 is 15.7 Å². The van der Waals surface area contributed by atoms with Gasteiger partial charge in [0.1, 0.15) is 17.3 Å². The number of nitrogens with two attached hydrogens (primary N) is 1. The lowest BCUT2D eigenvalue weighted by Crippen LogP contribution is -2.39. The number of aromatic nitrogens is 1. The van der Waals surface area contributed by atoms with E-state index < -0.39 is 0 Å². The summed E-state index contributed by atoms with van der Waals surface area (Å²) in [6.07, 6.45) is 6.06. The number of aliphatic hydroxyl groups is 1. The third-order valence-corrected chi connectivity index (χ3v) is 3.66. The van der Waals surface area contributed by atoms with Gasteiger partial charge >= 0.3 is 0 Å². The van der Waals surface area contributed by atoms with Crippen LogP contribution in [0.15, 0.2) is 18.2 Å². The summed E-state index contributed by atoms with van der Waals surface area (Å²) >= 11 is 0. The Balaban J connectivity index is 2.22. The number of rotatable bonds is 5. The molecule has 5 heteroatoms. The molecule has 1 heterocycles. The second-order valence-electron chi connectivity index (χ2n) is 5.00. The SMILES string of the molecule is N=C(N)c1cccc(N(CCO)C2CCCCC2)n1. The number of hydrogen-bond acceptors (Lipinski definition) is 4. The highest BCUT2D eigenvalue weighted by Crippen LogP contribution is 2.26. The molecule has 1 aliphatic carbocycles. The van der Waals surface area contributed by atoms with E-state index in [-0.39, 0.29) is 12.4 Å². The predicted molar refractivity (Wildman–Crippen MR) is 76.6 cm³/mol. The van der Waals surface area contributed by atoms with Gasteiger partial charge in [-0.25, -0.2) is 4.98 Å². The van der Waals surface area contributed by atoms with E-state index in [0.29, 0.717) is 18.3 Å². The van der Waals surface area contributed by atoms with Crippen molar-refractivity contribution in [1.29, 1.82) is 5.41 Å². The maximum Gasteiger partial charge on any atom is 0.141 e. The molecular weight excluding hydrogens is 240 g/mol. The fourth-order valence-electron chi connectivity index (χ4n) is 2.72. The van der Waals surface area contributed by atoms with E-state index >= 15 is 0 Å². The number of pyridine rings is 1. The van der Waals surface area contributed by atoms with Gasteiger partial charge in [-0.05, 0) is 25.0 Å². The monoisotopic (exact) mass is 262 g/mol. The van der Waals surface area contributed by atoms with Crippen LogP contribution < -0.4 is 10.6 Å². The Labute approximate surface area is 114 Å². The minimum atomic E-state index is -0.0190. The Morgan fingerprint density at radius 3 is 2.74 bits per heavy atom. The number of nitrogens with zero attached hydrogens (tertiary/aromatic N) is 2. The van der Waals surface area contributed by atoms with Crippen molar-refractivity contribution < 1.29 is 5.11 Å². The lowest BCUT2D eigenvalue weighted by Gasteiger charge is -2.35. The zero-order chi connectivity index (χ0) is 13.7. The summed E-state index contributed by atoms with van der Waals surface area (Å²) in [6.45, 7) is 0.696. The molecule has 0 unspecified atom stereocenters. The molecule has 1 saturated carbocycles. The van der Waals surface area contributed by atoms with Crippen molar-refractivity contribution in [3.63, 3.8) is 0 Å². The summed E-state index contributed by atoms with van der Waals surface area (Å²) in [6, 6.07) is 5.97. The van der Waals surface area contributed by atoms with Crippen LogP contribution in [0.1, 0.15) is 37.8 Å². The Morgan fingerprint density at radius 1 is 1.37 bits per heavy atom. The average molecular weight is 262 g/mol. The first-order valence-electron chi connectivity index (χ1n) is 6.91. The Bertz CT molecular complexity index is 429. The van der Waals surface area contributed by atoms with Crippen LogP contribution >= 0.6 is 0 Å². The third kappa shape index (κ3) is 3.44. The molecule has 1 aliphatic rings. The van der Waals surface area contributed by atoms with Crippen molar-refractivity contribution in [3.8, 4) is 0 Å². The van der Waals surface area contributed by atoms with Gasteiger partial charge in [0, 0.05) is 12.6 Å². The summed E-state index contributed by atoms with van der Waals surface area (Å²) < 4.78 is 0. The molecule has 5 nitrogen and oxygen atoms in total. The fraction of sp³-hybridized carbons (Fsp3) is 0.571. The van der Waals surface area contributed by atoms with Crippen LogP contribution in [0.5, 0.6) is 0 Å². The molecule has 104 valence electrons. The second kappa shape index (κ2) is 6.52. The molecule has 1 fully saturated rings. The van der Waals surface area contributed by atoms with Crippen molar-refractivity contribution in [3.05, 3.63) is 23.9 Å². The standard InChI is InChI=1S/C14H22N4O/c15-14(16)12-7-4-8-13(17-12)18(9-10-19)11-5-2-1-3-6-11/h4,7-8,11,19H,1-3,5-6,9-10H2,(H3,15,16). The molecule has 2 rings (SSSR count). The molecule has 0 bridgehead atoms. The lowest BCUT2D eigenvalue weighted by molar-refractivity contribution is 0.289. The second-order valence-corrected chi connectivity index (χ2v) is 5.00. The number of hydrogen-bond donors (Lipinski definition) is 3. The van der Waals surface area contributed by atoms with Crippen LogP contribution in [0.4, 0.5) is 5.82 Å². The number of anilines is 1. The van der Waals surface area contributed by atoms with Gasteiger partial charge in [0.2, 0.25) is 0 Å². The van der Waals surface area contributed by atoms with E-state index in [1.807, 2.05) is 12.1 Å². The first kappa shape index (κ1) is 13.8. The van der Waals surface area contributed by atoms with Crippen molar-refractivity contribution in [2.75, 3.05) is 18.1 Å². The van der Waals surface area contributed by atoms with Crippen molar-refractivity contribution in [2.24, 2.45) is 5.73 Å². The van der Waals surface area contributed by atoms with Gasteiger partial charge in [-0.15, -0.1) is 0 Å². The Hall–Kier alpha value is -1.62. The lowest BCUT2D eigenvalue weighted by atomic mass is 9.94. The van der Waals surface area contributed by atoms with Crippen molar-refractivity contribution in [1.82, 2.24) is 4.98 Å². The average Bonchev–Trinajstić information content (AvgIpc) is 2.46. The summed E-state index contributed by atoms with van der Waals surface area (Å²) in [7, 11) is 0. The predicted octanol–water partition coefficient (Wildman–Crippen LogP) is 1.50. The highest BCUT2D eigenvalue weighted by molar-refractivity contribution is 5.93. The molecule has 0 amide bonds. The molecule has 0 aromatic carbocycles. The summed E-state index contributed by atoms with van der Waals surface area (Å²) in [5.41, 5.74) is 5.98. The Morgan fingerprint density at radius 2 is 2.11 bits per heavy atom. The normalized spacial score (nSPS) is 16.3. The summed E-state index contributed by atoms with van der Waals surface area (Å²) in [4.78, 5) is 6.59. The van der Waals surface area contributed by atoms with E-state index in [9.17, 15) is 5.11 Å². The number of nitrogens with one attached hydrogen (secondary N) is 1. The zero-order valence-corrected chi connectivity index (χ0v) is 11.2. The van der Waals surface area contributed by atoms with Gasteiger partial charge in [-0.2, -0.15) is 0 Å². The maximum atomic E-state index is 9.27. The largest absolute Gasteiger partial charge is 0.395 e. The highest BCUT2D eigenvalue weighted by atomic mass is 16.3. The van der Waals surface area contributed by atoms with Gasteiger partial charge in [0.05, 0.1) is 6.61 Å². The van der Waals surface area contributed by atoms with Gasteiger partial charge in [-0.1, -0.05) is 25.3 Å². The molecule has 0 radical (unpaired) electrons. The van der Waals surface area contributed by atoms with Crippen LogP contribution in [0, 0.1) is 5.41 Å². The molecule has 1 aromatic heterocycles. The van der Waals surface area contributed by atoms with E-state index in [4.69, 9.17) is 11.1 Å². The molecule has 4 N–H and O–H groups in total. The molecule has 0 aliphatic heterocycles. The quantitative estimate of drug-likeness (QED) is 0.554. The summed E-state index contributed by atoms with van der Waals surface area (Å²) in [5.74, 6) is 0.795. The highest BCUT2D eigenvalue weighted by Gasteiger charge is 2.22. The van der Waals surface area contributed by atoms with Crippen LogP contribution in [0.25, 0.3) is 0 Å². The molecule has 19 heavy (non-hydrogen) atoms. The van der Waals surface area contributed by atoms with Gasteiger partial charge in [-0.3, -0.25) is 5.41 Å². The summed E-state index contributed by atoms with van der Waals surface area (Å²) in [5, 5.41) is 16.7. The number of aliphatic hydroxyl groups excluding tert-OH is 1. The van der Waals surface area contributed by atoms with E-state index in [0.717, 1.165) is 18.7 Å². The Kier molecular flexibility index (Phi) is 4.74. The van der Waals surface area contributed by atoms with Crippen LogP contribution in [-0.2, 0) is 0 Å². The number of nitrogen functional groups attached to an aromatic ring is 1. The van der Waals surface area contributed by atoms with E-state index in [2.05, 4.69) is 9.88 Å². The first-order chi connectivity index (χ1) is 9.22. The fourth-order valence-corrected chi connectivity index (χ4v) is 2.72. The molecule has 0 spiro atoms. The maximum absolute atomic E-state index is 9.27. The molecular formula is C14H22N4O. The zero-order valence-electron chi connectivity index (χ0n) is 11.2. The van der Waals surface area contributed by atoms with E-state index in [1.54, 1.807) is 6.07 Å². The third-order valence-electron chi connectivity index (χ3n) is 3.66. The van der Waals surface area contributed by atoms with Crippen LogP contribution in [-0.4, -0.2) is 35.1 Å². The topological polar surface area (TPSA) is 86.2 Å². The van der Waals surface area contributed by atoms with Crippen LogP contribution in [0.3, 0.4) is 0 Å². The number of amidine groups is 1. The van der Waals surface area contributed by atoms with Gasteiger partial charge in [0.15, 0.2) is 0 Å². The first-order valence-corrected chi connectivity index (χ1v) is 6.91. The van der Waals surface area contributed by atoms with Crippen molar-refractivity contribution >= 4 is 11.7 Å². The molecule has 1 aromatic rings.